The summed E-state index contributed by atoms with van der Waals surface area (Å²) in [6.45, 7) is 0.390. The van der Waals surface area contributed by atoms with E-state index < -0.39 is 0 Å². The largest absolute Gasteiger partial charge is 0.489 e. The Hall–Kier alpha value is -3.52. The van der Waals surface area contributed by atoms with Crippen molar-refractivity contribution in [2.45, 2.75) is 11.3 Å². The summed E-state index contributed by atoms with van der Waals surface area (Å²) in [6, 6.07) is 20.7. The minimum absolute atomic E-state index is 0.0673. The minimum Gasteiger partial charge on any atom is -0.489 e. The van der Waals surface area contributed by atoms with Gasteiger partial charge in [-0.25, -0.2) is 0 Å². The number of thioether (sulfide) groups is 1. The average Bonchev–Trinajstić information content (AvgIpc) is 3.49. The van der Waals surface area contributed by atoms with Gasteiger partial charge in [-0.1, -0.05) is 54.2 Å². The van der Waals surface area contributed by atoms with Crippen LogP contribution in [0, 0.1) is 0 Å². The Kier molecular flexibility index (Phi) is 4.98. The zero-order valence-corrected chi connectivity index (χ0v) is 16.6. The number of nitrogens with zero attached hydrogens (tertiary/aromatic N) is 3. The third-order valence-corrected chi connectivity index (χ3v) is 5.55. The highest BCUT2D eigenvalue weighted by atomic mass is 32.2. The standard InChI is InChI=1S/C22H17N3O4S/c26-20(14-30-22-24-23-21(29-22)19-11-6-12-27-19)25-16-9-4-5-10-18(16)28-13-17(25)15-7-2-1-3-8-15/h1-12,17H,13-14H2. The Labute approximate surface area is 176 Å². The highest BCUT2D eigenvalue weighted by Gasteiger charge is 2.33. The van der Waals surface area contributed by atoms with Crippen molar-refractivity contribution in [3.63, 3.8) is 0 Å². The van der Waals surface area contributed by atoms with Crippen LogP contribution in [0.25, 0.3) is 11.7 Å². The van der Waals surface area contributed by atoms with E-state index in [0.29, 0.717) is 23.3 Å². The summed E-state index contributed by atoms with van der Waals surface area (Å²) >= 11 is 1.20. The molecule has 3 heterocycles. The number of para-hydroxylation sites is 2. The molecule has 1 aliphatic heterocycles. The monoisotopic (exact) mass is 419 g/mol. The van der Waals surface area contributed by atoms with Crippen molar-refractivity contribution < 1.29 is 18.4 Å². The highest BCUT2D eigenvalue weighted by molar-refractivity contribution is 7.99. The number of benzene rings is 2. The smallest absolute Gasteiger partial charge is 0.284 e. The SMILES string of the molecule is O=C(CSc1nnc(-c2ccco2)o1)N1c2ccccc2OCC1c1ccccc1. The highest BCUT2D eigenvalue weighted by Crippen LogP contribution is 2.39. The van der Waals surface area contributed by atoms with Crippen molar-refractivity contribution >= 4 is 23.4 Å². The number of anilines is 1. The lowest BCUT2D eigenvalue weighted by atomic mass is 10.0. The van der Waals surface area contributed by atoms with E-state index in [-0.39, 0.29) is 23.6 Å². The van der Waals surface area contributed by atoms with Crippen molar-refractivity contribution in [1.29, 1.82) is 0 Å². The van der Waals surface area contributed by atoms with Gasteiger partial charge in [0.05, 0.1) is 23.7 Å². The van der Waals surface area contributed by atoms with Gasteiger partial charge in [-0.15, -0.1) is 10.2 Å². The van der Waals surface area contributed by atoms with E-state index in [1.165, 1.54) is 18.0 Å². The first kappa shape index (κ1) is 18.5. The first-order chi connectivity index (χ1) is 14.8. The molecule has 0 fully saturated rings. The number of aromatic nitrogens is 2. The minimum atomic E-state index is -0.212. The number of fused-ring (bicyclic) bond motifs is 1. The number of ether oxygens (including phenoxy) is 1. The molecule has 4 aromatic rings. The van der Waals surface area contributed by atoms with E-state index in [1.807, 2.05) is 54.6 Å². The molecule has 1 amide bonds. The van der Waals surface area contributed by atoms with Gasteiger partial charge in [0, 0.05) is 0 Å². The van der Waals surface area contributed by atoms with Crippen LogP contribution in [0.2, 0.25) is 0 Å². The normalized spacial score (nSPS) is 15.5. The van der Waals surface area contributed by atoms with Gasteiger partial charge in [0.15, 0.2) is 5.76 Å². The van der Waals surface area contributed by atoms with Crippen LogP contribution in [0.5, 0.6) is 5.75 Å². The Morgan fingerprint density at radius 2 is 1.87 bits per heavy atom. The number of carbonyl (C=O) groups is 1. The molecular weight excluding hydrogens is 402 g/mol. The molecule has 0 spiro atoms. The lowest BCUT2D eigenvalue weighted by Gasteiger charge is -2.37. The molecular formula is C22H17N3O4S. The quantitative estimate of drug-likeness (QED) is 0.438. The zero-order chi connectivity index (χ0) is 20.3. The van der Waals surface area contributed by atoms with Gasteiger partial charge in [0.25, 0.3) is 11.1 Å². The molecule has 5 rings (SSSR count). The predicted octanol–water partition coefficient (Wildman–Crippen LogP) is 4.59. The Bertz CT molecular complexity index is 1140. The van der Waals surface area contributed by atoms with Gasteiger partial charge in [0.2, 0.25) is 5.91 Å². The fourth-order valence-corrected chi connectivity index (χ4v) is 4.00. The van der Waals surface area contributed by atoms with Crippen LogP contribution in [-0.2, 0) is 4.79 Å². The second kappa shape index (κ2) is 8.08. The molecule has 150 valence electrons. The van der Waals surface area contributed by atoms with Crippen molar-refractivity contribution in [3.05, 3.63) is 78.6 Å². The molecule has 0 N–H and O–H groups in total. The number of furan rings is 1. The maximum atomic E-state index is 13.3. The second-order valence-corrected chi connectivity index (χ2v) is 7.53. The topological polar surface area (TPSA) is 81.6 Å². The summed E-state index contributed by atoms with van der Waals surface area (Å²) in [5.74, 6) is 1.56. The van der Waals surface area contributed by atoms with Gasteiger partial charge in [-0.05, 0) is 29.8 Å². The molecule has 1 aliphatic rings. The van der Waals surface area contributed by atoms with Gasteiger partial charge in [-0.2, -0.15) is 0 Å². The van der Waals surface area contributed by atoms with Crippen LogP contribution in [0.4, 0.5) is 5.69 Å². The van der Waals surface area contributed by atoms with E-state index in [4.69, 9.17) is 13.6 Å². The van der Waals surface area contributed by atoms with E-state index >= 15 is 0 Å². The number of carbonyl (C=O) groups excluding carboxylic acids is 1. The number of rotatable bonds is 5. The third kappa shape index (κ3) is 3.57. The molecule has 0 aliphatic carbocycles. The fraction of sp³-hybridized carbons (Fsp3) is 0.136. The Morgan fingerprint density at radius 3 is 2.70 bits per heavy atom. The molecule has 0 saturated heterocycles. The van der Waals surface area contributed by atoms with E-state index in [0.717, 1.165) is 11.3 Å². The molecule has 1 atom stereocenters. The molecule has 2 aromatic carbocycles. The summed E-state index contributed by atoms with van der Waals surface area (Å²) in [4.78, 5) is 15.1. The average molecular weight is 419 g/mol. The van der Waals surface area contributed by atoms with Crippen molar-refractivity contribution in [2.75, 3.05) is 17.3 Å². The van der Waals surface area contributed by atoms with Crippen LogP contribution in [-0.4, -0.2) is 28.5 Å². The van der Waals surface area contributed by atoms with Crippen LogP contribution < -0.4 is 9.64 Å². The summed E-state index contributed by atoms with van der Waals surface area (Å²) < 4.78 is 16.8. The van der Waals surface area contributed by atoms with Crippen LogP contribution in [0.1, 0.15) is 11.6 Å². The second-order valence-electron chi connectivity index (χ2n) is 6.61. The summed E-state index contributed by atoms with van der Waals surface area (Å²) in [6.07, 6.45) is 1.54. The molecule has 2 aromatic heterocycles. The van der Waals surface area contributed by atoms with Crippen molar-refractivity contribution in [3.8, 4) is 17.4 Å². The summed E-state index contributed by atoms with van der Waals surface area (Å²) in [5, 5.41) is 8.29. The number of amides is 1. The number of hydrogen-bond acceptors (Lipinski definition) is 7. The van der Waals surface area contributed by atoms with E-state index in [9.17, 15) is 4.79 Å². The van der Waals surface area contributed by atoms with Crippen molar-refractivity contribution in [1.82, 2.24) is 10.2 Å². The van der Waals surface area contributed by atoms with Crippen LogP contribution >= 0.6 is 11.8 Å². The van der Waals surface area contributed by atoms with Crippen LogP contribution in [0.3, 0.4) is 0 Å². The third-order valence-electron chi connectivity index (χ3n) is 4.74. The molecule has 0 radical (unpaired) electrons. The van der Waals surface area contributed by atoms with Crippen molar-refractivity contribution in [2.24, 2.45) is 0 Å². The van der Waals surface area contributed by atoms with E-state index in [1.54, 1.807) is 17.0 Å². The first-order valence-electron chi connectivity index (χ1n) is 9.38. The zero-order valence-electron chi connectivity index (χ0n) is 15.8. The lowest BCUT2D eigenvalue weighted by Crippen LogP contribution is -2.42. The molecule has 0 bridgehead atoms. The van der Waals surface area contributed by atoms with Gasteiger partial charge in [0.1, 0.15) is 12.4 Å². The van der Waals surface area contributed by atoms with E-state index in [2.05, 4.69) is 10.2 Å². The Morgan fingerprint density at radius 1 is 1.03 bits per heavy atom. The summed E-state index contributed by atoms with van der Waals surface area (Å²) in [5.41, 5.74) is 1.77. The molecule has 8 heteroatoms. The first-order valence-corrected chi connectivity index (χ1v) is 10.4. The van der Waals surface area contributed by atoms with Gasteiger partial charge < -0.3 is 13.6 Å². The maximum absolute atomic E-state index is 13.3. The predicted molar refractivity (Wildman–Crippen MR) is 111 cm³/mol. The summed E-state index contributed by atoms with van der Waals surface area (Å²) in [7, 11) is 0. The van der Waals surface area contributed by atoms with Gasteiger partial charge >= 0.3 is 0 Å². The molecule has 1 unspecified atom stereocenters. The molecule has 0 saturated carbocycles. The van der Waals surface area contributed by atoms with Gasteiger partial charge in [-0.3, -0.25) is 9.69 Å². The lowest BCUT2D eigenvalue weighted by molar-refractivity contribution is -0.117. The Balaban J connectivity index is 1.38. The maximum Gasteiger partial charge on any atom is 0.284 e. The fourth-order valence-electron chi connectivity index (χ4n) is 3.38. The number of hydrogen-bond donors (Lipinski definition) is 0. The molecule has 7 nitrogen and oxygen atoms in total. The van der Waals surface area contributed by atoms with Crippen LogP contribution in [0.15, 0.2) is 87.1 Å². The molecule has 30 heavy (non-hydrogen) atoms.